The van der Waals surface area contributed by atoms with Gasteiger partial charge in [-0.25, -0.2) is 4.98 Å². The minimum atomic E-state index is 0.436. The summed E-state index contributed by atoms with van der Waals surface area (Å²) in [6, 6.07) is 1.93. The Hall–Kier alpha value is -1.09. The molecule has 0 N–H and O–H groups in total. The van der Waals surface area contributed by atoms with E-state index in [1.807, 2.05) is 17.7 Å². The number of rotatable bonds is 1. The maximum absolute atomic E-state index is 5.70. The molecule has 2 heterocycles. The normalized spacial score (nSPS) is 10.8. The first-order chi connectivity index (χ1) is 5.83. The van der Waals surface area contributed by atoms with Gasteiger partial charge in [-0.1, -0.05) is 0 Å². The Morgan fingerprint density at radius 1 is 1.58 bits per heavy atom. The maximum Gasteiger partial charge on any atom is 0.124 e. The fourth-order valence-corrected chi connectivity index (χ4v) is 1.46. The van der Waals surface area contributed by atoms with E-state index in [1.165, 1.54) is 0 Å². The van der Waals surface area contributed by atoms with Crippen molar-refractivity contribution in [1.29, 1.82) is 0 Å². The molecule has 0 saturated heterocycles. The first-order valence-corrected chi connectivity index (χ1v) is 4.17. The van der Waals surface area contributed by atoms with Crippen LogP contribution in [0.3, 0.4) is 0 Å². The average Bonchev–Trinajstić information content (AvgIpc) is 2.44. The van der Waals surface area contributed by atoms with Crippen LogP contribution in [-0.2, 0) is 12.9 Å². The molecule has 0 aliphatic rings. The van der Waals surface area contributed by atoms with E-state index >= 15 is 0 Å². The van der Waals surface area contributed by atoms with Gasteiger partial charge in [-0.3, -0.25) is 4.98 Å². The highest BCUT2D eigenvalue weighted by Crippen LogP contribution is 2.13. The highest BCUT2D eigenvalue weighted by atomic mass is 35.5. The van der Waals surface area contributed by atoms with Crippen molar-refractivity contribution in [2.24, 2.45) is 7.05 Å². The second-order valence-electron chi connectivity index (χ2n) is 2.59. The lowest BCUT2D eigenvalue weighted by atomic mass is 10.4. The molecule has 0 saturated carbocycles. The summed E-state index contributed by atoms with van der Waals surface area (Å²) in [6.45, 7) is 0. The highest BCUT2D eigenvalue weighted by Gasteiger charge is 2.04. The van der Waals surface area contributed by atoms with Gasteiger partial charge in [0.25, 0.3) is 0 Å². The van der Waals surface area contributed by atoms with Gasteiger partial charge in [0.15, 0.2) is 0 Å². The first-order valence-electron chi connectivity index (χ1n) is 3.64. The third kappa shape index (κ3) is 0.975. The van der Waals surface area contributed by atoms with Gasteiger partial charge in [0.2, 0.25) is 0 Å². The monoisotopic (exact) mass is 181 g/mol. The molecule has 62 valence electrons. The maximum atomic E-state index is 5.70. The van der Waals surface area contributed by atoms with Crippen LogP contribution in [0.25, 0.3) is 11.0 Å². The van der Waals surface area contributed by atoms with Crippen molar-refractivity contribution in [2.75, 3.05) is 0 Å². The van der Waals surface area contributed by atoms with Crippen LogP contribution >= 0.6 is 11.6 Å². The minimum Gasteiger partial charge on any atom is -0.330 e. The Bertz CT molecular complexity index is 408. The van der Waals surface area contributed by atoms with Gasteiger partial charge >= 0.3 is 0 Å². The van der Waals surface area contributed by atoms with E-state index in [9.17, 15) is 0 Å². The number of hydrogen-bond donors (Lipinski definition) is 0. The molecule has 0 amide bonds. The van der Waals surface area contributed by atoms with E-state index in [2.05, 4.69) is 9.97 Å². The van der Waals surface area contributed by atoms with Crippen LogP contribution in [0.4, 0.5) is 0 Å². The number of nitrogens with zero attached hydrogens (tertiary/aromatic N) is 3. The van der Waals surface area contributed by atoms with E-state index in [0.717, 1.165) is 16.9 Å². The third-order valence-electron chi connectivity index (χ3n) is 1.90. The molecule has 0 bridgehead atoms. The zero-order chi connectivity index (χ0) is 8.55. The minimum absolute atomic E-state index is 0.436. The molecule has 0 fully saturated rings. The fraction of sp³-hybridized carbons (Fsp3) is 0.250. The van der Waals surface area contributed by atoms with Gasteiger partial charge in [-0.05, 0) is 6.07 Å². The van der Waals surface area contributed by atoms with E-state index in [1.54, 1.807) is 12.4 Å². The Morgan fingerprint density at radius 3 is 3.08 bits per heavy atom. The number of hydrogen-bond acceptors (Lipinski definition) is 2. The molecule has 0 aliphatic carbocycles. The molecule has 0 atom stereocenters. The van der Waals surface area contributed by atoms with Crippen molar-refractivity contribution in [1.82, 2.24) is 14.5 Å². The molecule has 2 aromatic heterocycles. The van der Waals surface area contributed by atoms with Crippen molar-refractivity contribution in [3.8, 4) is 0 Å². The van der Waals surface area contributed by atoms with E-state index in [0.29, 0.717) is 5.88 Å². The topological polar surface area (TPSA) is 30.7 Å². The smallest absolute Gasteiger partial charge is 0.124 e. The largest absolute Gasteiger partial charge is 0.330 e. The molecule has 4 heteroatoms. The SMILES string of the molecule is Cn1c(CCl)nc2cnccc21. The number of alkyl halides is 1. The van der Waals surface area contributed by atoms with Gasteiger partial charge in [0.05, 0.1) is 17.6 Å². The Kier molecular flexibility index (Phi) is 1.73. The highest BCUT2D eigenvalue weighted by molar-refractivity contribution is 6.16. The van der Waals surface area contributed by atoms with E-state index < -0.39 is 0 Å². The molecule has 0 radical (unpaired) electrons. The second-order valence-corrected chi connectivity index (χ2v) is 2.85. The molecule has 2 aromatic rings. The van der Waals surface area contributed by atoms with Crippen molar-refractivity contribution in [2.45, 2.75) is 5.88 Å². The van der Waals surface area contributed by atoms with Gasteiger partial charge < -0.3 is 4.57 Å². The van der Waals surface area contributed by atoms with Gasteiger partial charge in [-0.2, -0.15) is 0 Å². The van der Waals surface area contributed by atoms with Crippen LogP contribution in [0, 0.1) is 0 Å². The lowest BCUT2D eigenvalue weighted by molar-refractivity contribution is 0.873. The van der Waals surface area contributed by atoms with Crippen LogP contribution < -0.4 is 0 Å². The Balaban J connectivity index is 2.78. The zero-order valence-corrected chi connectivity index (χ0v) is 7.41. The first kappa shape index (κ1) is 7.55. The summed E-state index contributed by atoms with van der Waals surface area (Å²) in [5.41, 5.74) is 1.97. The number of imidazole rings is 1. The van der Waals surface area contributed by atoms with Crippen LogP contribution in [0.5, 0.6) is 0 Å². The molecular weight excluding hydrogens is 174 g/mol. The van der Waals surface area contributed by atoms with Crippen molar-refractivity contribution >= 4 is 22.6 Å². The Morgan fingerprint density at radius 2 is 2.42 bits per heavy atom. The number of aromatic nitrogens is 3. The summed E-state index contributed by atoms with van der Waals surface area (Å²) < 4.78 is 1.98. The average molecular weight is 182 g/mol. The van der Waals surface area contributed by atoms with Gasteiger partial charge in [0, 0.05) is 13.2 Å². The van der Waals surface area contributed by atoms with E-state index in [-0.39, 0.29) is 0 Å². The molecule has 0 aliphatic heterocycles. The predicted molar refractivity (Wildman–Crippen MR) is 48.1 cm³/mol. The summed E-state index contributed by atoms with van der Waals surface area (Å²) in [4.78, 5) is 8.28. The summed E-state index contributed by atoms with van der Waals surface area (Å²) in [5, 5.41) is 0. The lowest BCUT2D eigenvalue weighted by Crippen LogP contribution is -1.93. The van der Waals surface area contributed by atoms with E-state index in [4.69, 9.17) is 11.6 Å². The van der Waals surface area contributed by atoms with Crippen LogP contribution in [0.15, 0.2) is 18.5 Å². The molecule has 12 heavy (non-hydrogen) atoms. The van der Waals surface area contributed by atoms with Crippen molar-refractivity contribution in [3.05, 3.63) is 24.3 Å². The van der Waals surface area contributed by atoms with Crippen LogP contribution in [0.1, 0.15) is 5.82 Å². The fourth-order valence-electron chi connectivity index (χ4n) is 1.22. The number of fused-ring (bicyclic) bond motifs is 1. The standard InChI is InChI=1S/C8H8ClN3/c1-12-7-2-3-10-5-6(7)11-8(12)4-9/h2-3,5H,4H2,1H3. The summed E-state index contributed by atoms with van der Waals surface area (Å²) in [7, 11) is 1.95. The number of pyridine rings is 1. The molecule has 0 spiro atoms. The molecule has 0 unspecified atom stereocenters. The van der Waals surface area contributed by atoms with Gasteiger partial charge in [0.1, 0.15) is 11.3 Å². The predicted octanol–water partition coefficient (Wildman–Crippen LogP) is 1.71. The third-order valence-corrected chi connectivity index (χ3v) is 2.13. The summed E-state index contributed by atoms with van der Waals surface area (Å²) in [6.07, 6.45) is 3.49. The lowest BCUT2D eigenvalue weighted by Gasteiger charge is -1.95. The quantitative estimate of drug-likeness (QED) is 0.627. The molecule has 3 nitrogen and oxygen atoms in total. The van der Waals surface area contributed by atoms with Crippen LogP contribution in [-0.4, -0.2) is 14.5 Å². The number of halogens is 1. The molecule has 2 rings (SSSR count). The molecule has 0 aromatic carbocycles. The summed E-state index contributed by atoms with van der Waals surface area (Å²) in [5.74, 6) is 1.31. The van der Waals surface area contributed by atoms with Crippen LogP contribution in [0.2, 0.25) is 0 Å². The zero-order valence-electron chi connectivity index (χ0n) is 6.66. The number of aryl methyl sites for hydroxylation is 1. The van der Waals surface area contributed by atoms with Crippen molar-refractivity contribution < 1.29 is 0 Å². The van der Waals surface area contributed by atoms with Crippen molar-refractivity contribution in [3.63, 3.8) is 0 Å². The summed E-state index contributed by atoms with van der Waals surface area (Å²) >= 11 is 5.70. The molecular formula is C8H8ClN3. The second kappa shape index (κ2) is 2.75. The van der Waals surface area contributed by atoms with Gasteiger partial charge in [-0.15, -0.1) is 11.6 Å². The Labute approximate surface area is 75.0 Å².